The fourth-order valence-electron chi connectivity index (χ4n) is 2.36. The number of hydrogen-bond acceptors (Lipinski definition) is 0. The average molecular weight is 264 g/mol. The van der Waals surface area contributed by atoms with Crippen molar-refractivity contribution in [2.24, 2.45) is 0 Å². The van der Waals surface area contributed by atoms with Crippen molar-refractivity contribution in [3.8, 4) is 0 Å². The minimum absolute atomic E-state index is 0.786. The maximum atomic E-state index is 3.66. The van der Waals surface area contributed by atoms with E-state index >= 15 is 0 Å². The van der Waals surface area contributed by atoms with Crippen LogP contribution in [0.15, 0.2) is 16.7 Å². The second-order valence-corrected chi connectivity index (χ2v) is 5.37. The Hall–Kier alpha value is -0.760. The molecule has 15 heavy (non-hydrogen) atoms. The molecular formula is C13H14BrN. The molecule has 1 N–H and O–H groups in total. The molecule has 0 unspecified atom stereocenters. The molecule has 1 aliphatic carbocycles. The molecule has 1 aliphatic rings. The Morgan fingerprint density at radius 2 is 1.87 bits per heavy atom. The molecule has 3 rings (SSSR count). The predicted molar refractivity (Wildman–Crippen MR) is 67.4 cm³/mol. The van der Waals surface area contributed by atoms with Crippen LogP contribution in [-0.4, -0.2) is 4.98 Å². The quantitative estimate of drug-likeness (QED) is 0.784. The predicted octanol–water partition coefficient (Wildman–Crippen LogP) is 4.42. The lowest BCUT2D eigenvalue weighted by Crippen LogP contribution is -1.83. The van der Waals surface area contributed by atoms with Gasteiger partial charge in [0.2, 0.25) is 0 Å². The second kappa shape index (κ2) is 3.11. The first-order valence-electron chi connectivity index (χ1n) is 5.45. The molecule has 0 atom stereocenters. The normalized spacial score (nSPS) is 16.2. The molecule has 0 bridgehead atoms. The van der Waals surface area contributed by atoms with E-state index in [2.05, 4.69) is 46.9 Å². The summed E-state index contributed by atoms with van der Waals surface area (Å²) >= 11 is 3.66. The Kier molecular flexibility index (Phi) is 1.96. The summed E-state index contributed by atoms with van der Waals surface area (Å²) in [6, 6.07) is 4.42. The van der Waals surface area contributed by atoms with Gasteiger partial charge in [-0.2, -0.15) is 0 Å². The molecule has 2 aromatic rings. The monoisotopic (exact) mass is 263 g/mol. The second-order valence-electron chi connectivity index (χ2n) is 4.58. The minimum atomic E-state index is 0.786. The number of fused-ring (bicyclic) bond motifs is 1. The largest absolute Gasteiger partial charge is 0.349 e. The van der Waals surface area contributed by atoms with Crippen LogP contribution in [0.3, 0.4) is 0 Å². The molecule has 78 valence electrons. The summed E-state index contributed by atoms with van der Waals surface area (Å²) in [5, 5.41) is 1.45. The van der Waals surface area contributed by atoms with Gasteiger partial charge in [0.05, 0.1) is 4.60 Å². The molecule has 0 amide bonds. The third kappa shape index (κ3) is 1.35. The topological polar surface area (TPSA) is 15.8 Å². The molecular weight excluding hydrogens is 250 g/mol. The van der Waals surface area contributed by atoms with Gasteiger partial charge in [0.25, 0.3) is 0 Å². The molecule has 1 nitrogen and oxygen atoms in total. The maximum Gasteiger partial charge on any atom is 0.0866 e. The molecule has 0 radical (unpaired) electrons. The number of hydrogen-bond donors (Lipinski definition) is 1. The fourth-order valence-corrected chi connectivity index (χ4v) is 3.08. The molecule has 1 heterocycles. The molecule has 1 aromatic heterocycles. The van der Waals surface area contributed by atoms with Crippen molar-refractivity contribution in [3.63, 3.8) is 0 Å². The Bertz CT molecular complexity index is 535. The molecule has 1 saturated carbocycles. The van der Waals surface area contributed by atoms with E-state index in [4.69, 9.17) is 0 Å². The van der Waals surface area contributed by atoms with Gasteiger partial charge in [-0.3, -0.25) is 0 Å². The first-order chi connectivity index (χ1) is 7.18. The summed E-state index contributed by atoms with van der Waals surface area (Å²) in [6.45, 7) is 4.37. The number of benzene rings is 1. The Morgan fingerprint density at radius 1 is 1.20 bits per heavy atom. The van der Waals surface area contributed by atoms with E-state index in [1.54, 1.807) is 0 Å². The first-order valence-corrected chi connectivity index (χ1v) is 6.25. The van der Waals surface area contributed by atoms with Crippen molar-refractivity contribution >= 4 is 26.8 Å². The lowest BCUT2D eigenvalue weighted by molar-refractivity contribution is 1.12. The molecule has 0 spiro atoms. The lowest BCUT2D eigenvalue weighted by atomic mass is 10.0. The SMILES string of the molecule is Cc1ccc(C)c2c(C3CC3)c(Br)[nH]c12. The lowest BCUT2D eigenvalue weighted by Gasteiger charge is -2.02. The van der Waals surface area contributed by atoms with Gasteiger partial charge in [-0.15, -0.1) is 0 Å². The fraction of sp³-hybridized carbons (Fsp3) is 0.385. The maximum absolute atomic E-state index is 3.66. The van der Waals surface area contributed by atoms with Crippen LogP contribution >= 0.6 is 15.9 Å². The number of nitrogens with one attached hydrogen (secondary N) is 1. The van der Waals surface area contributed by atoms with Gasteiger partial charge < -0.3 is 4.98 Å². The third-order valence-electron chi connectivity index (χ3n) is 3.35. The Morgan fingerprint density at radius 3 is 2.53 bits per heavy atom. The van der Waals surface area contributed by atoms with Gasteiger partial charge in [-0.1, -0.05) is 12.1 Å². The highest BCUT2D eigenvalue weighted by Crippen LogP contribution is 2.47. The van der Waals surface area contributed by atoms with Crippen molar-refractivity contribution < 1.29 is 0 Å². The van der Waals surface area contributed by atoms with Crippen LogP contribution in [0.25, 0.3) is 10.9 Å². The smallest absolute Gasteiger partial charge is 0.0866 e. The van der Waals surface area contributed by atoms with Crippen LogP contribution in [0.5, 0.6) is 0 Å². The number of aromatic amines is 1. The summed E-state index contributed by atoms with van der Waals surface area (Å²) in [4.78, 5) is 3.47. The van der Waals surface area contributed by atoms with E-state index in [9.17, 15) is 0 Å². The van der Waals surface area contributed by atoms with Crippen LogP contribution in [0.4, 0.5) is 0 Å². The summed E-state index contributed by atoms with van der Waals surface area (Å²) in [7, 11) is 0. The molecule has 0 aliphatic heterocycles. The molecule has 1 aromatic carbocycles. The van der Waals surface area contributed by atoms with E-state index < -0.39 is 0 Å². The number of rotatable bonds is 1. The van der Waals surface area contributed by atoms with E-state index in [0.717, 1.165) is 5.92 Å². The highest BCUT2D eigenvalue weighted by atomic mass is 79.9. The first kappa shape index (κ1) is 9.46. The van der Waals surface area contributed by atoms with Gasteiger partial charge in [-0.25, -0.2) is 0 Å². The van der Waals surface area contributed by atoms with E-state index in [0.29, 0.717) is 0 Å². The molecule has 1 fully saturated rings. The van der Waals surface area contributed by atoms with Gasteiger partial charge in [0.15, 0.2) is 0 Å². The zero-order chi connectivity index (χ0) is 10.6. The number of halogens is 1. The van der Waals surface area contributed by atoms with E-state index in [1.165, 1.54) is 45.0 Å². The summed E-state index contributed by atoms with van der Waals surface area (Å²) in [5.74, 6) is 0.786. The van der Waals surface area contributed by atoms with Crippen molar-refractivity contribution in [1.29, 1.82) is 0 Å². The number of aromatic nitrogens is 1. The van der Waals surface area contributed by atoms with E-state index in [1.807, 2.05) is 0 Å². The van der Waals surface area contributed by atoms with Crippen molar-refractivity contribution in [3.05, 3.63) is 33.4 Å². The van der Waals surface area contributed by atoms with Crippen LogP contribution in [0.2, 0.25) is 0 Å². The molecule has 0 saturated heterocycles. The standard InChI is InChI=1S/C13H14BrN/c1-7-3-4-8(2)12-10(7)11(9-5-6-9)13(14)15-12/h3-4,9,15H,5-6H2,1-2H3. The van der Waals surface area contributed by atoms with Gasteiger partial charge in [0, 0.05) is 10.9 Å². The van der Waals surface area contributed by atoms with Crippen LogP contribution in [-0.2, 0) is 0 Å². The van der Waals surface area contributed by atoms with Crippen molar-refractivity contribution in [1.82, 2.24) is 4.98 Å². The van der Waals surface area contributed by atoms with Gasteiger partial charge in [0.1, 0.15) is 0 Å². The summed E-state index contributed by atoms with van der Waals surface area (Å²) < 4.78 is 1.19. The van der Waals surface area contributed by atoms with Crippen molar-refractivity contribution in [2.75, 3.05) is 0 Å². The zero-order valence-corrected chi connectivity index (χ0v) is 10.6. The summed E-state index contributed by atoms with van der Waals surface area (Å²) in [6.07, 6.45) is 2.69. The van der Waals surface area contributed by atoms with Crippen LogP contribution < -0.4 is 0 Å². The highest BCUT2D eigenvalue weighted by molar-refractivity contribution is 9.10. The molecule has 2 heteroatoms. The highest BCUT2D eigenvalue weighted by Gasteiger charge is 2.29. The van der Waals surface area contributed by atoms with E-state index in [-0.39, 0.29) is 0 Å². The number of H-pyrrole nitrogens is 1. The Balaban J connectivity index is 2.42. The zero-order valence-electron chi connectivity index (χ0n) is 9.02. The average Bonchev–Trinajstić information content (AvgIpc) is 2.96. The Labute approximate surface area is 98.0 Å². The van der Waals surface area contributed by atoms with Gasteiger partial charge in [-0.05, 0) is 65.2 Å². The van der Waals surface area contributed by atoms with Crippen LogP contribution in [0.1, 0.15) is 35.4 Å². The third-order valence-corrected chi connectivity index (χ3v) is 3.97. The minimum Gasteiger partial charge on any atom is -0.349 e. The van der Waals surface area contributed by atoms with Crippen LogP contribution in [0, 0.1) is 13.8 Å². The summed E-state index contributed by atoms with van der Waals surface area (Å²) in [5.41, 5.74) is 5.54. The van der Waals surface area contributed by atoms with Gasteiger partial charge >= 0.3 is 0 Å². The number of aryl methyl sites for hydroxylation is 2. The van der Waals surface area contributed by atoms with Crippen molar-refractivity contribution in [2.45, 2.75) is 32.6 Å².